The molecule has 1 heterocycles. The second kappa shape index (κ2) is 4.49. The van der Waals surface area contributed by atoms with Crippen molar-refractivity contribution in [1.82, 2.24) is 9.78 Å². The molecule has 0 unspecified atom stereocenters. The molecule has 3 nitrogen and oxygen atoms in total. The summed E-state index contributed by atoms with van der Waals surface area (Å²) in [6.45, 7) is 9.10. The monoisotopic (exact) mass is 196 g/mol. The van der Waals surface area contributed by atoms with Gasteiger partial charge in [0, 0.05) is 12.5 Å². The Morgan fingerprint density at radius 3 is 2.43 bits per heavy atom. The van der Waals surface area contributed by atoms with Gasteiger partial charge in [-0.3, -0.25) is 4.68 Å². The molecule has 0 aliphatic rings. The van der Waals surface area contributed by atoms with E-state index in [4.69, 9.17) is 0 Å². The van der Waals surface area contributed by atoms with Crippen LogP contribution in [0.15, 0.2) is 0 Å². The fraction of sp³-hybridized carbons (Fsp3) is 0.727. The highest BCUT2D eigenvalue weighted by atomic mass is 16.3. The first kappa shape index (κ1) is 11.1. The smallest absolute Gasteiger partial charge is 0.160 e. The van der Waals surface area contributed by atoms with Gasteiger partial charge >= 0.3 is 0 Å². The molecule has 0 aromatic carbocycles. The van der Waals surface area contributed by atoms with Crippen LogP contribution in [0.4, 0.5) is 0 Å². The Kier molecular flexibility index (Phi) is 3.55. The molecule has 0 bridgehead atoms. The average molecular weight is 196 g/mol. The van der Waals surface area contributed by atoms with E-state index in [0.29, 0.717) is 11.7 Å². The zero-order chi connectivity index (χ0) is 10.7. The lowest BCUT2D eigenvalue weighted by Crippen LogP contribution is -2.02. The summed E-state index contributed by atoms with van der Waals surface area (Å²) >= 11 is 0. The number of rotatable bonds is 4. The van der Waals surface area contributed by atoms with E-state index >= 15 is 0 Å². The van der Waals surface area contributed by atoms with Crippen LogP contribution in [-0.4, -0.2) is 14.9 Å². The minimum Gasteiger partial charge on any atom is -0.504 e. The van der Waals surface area contributed by atoms with Crippen LogP contribution < -0.4 is 0 Å². The Morgan fingerprint density at radius 2 is 2.00 bits per heavy atom. The minimum atomic E-state index is 0.290. The molecule has 80 valence electrons. The van der Waals surface area contributed by atoms with Crippen LogP contribution in [0.3, 0.4) is 0 Å². The van der Waals surface area contributed by atoms with Gasteiger partial charge in [0.1, 0.15) is 5.69 Å². The maximum Gasteiger partial charge on any atom is 0.160 e. The number of nitrogens with zero attached hydrogens (tertiary/aromatic N) is 2. The number of hydrogen-bond donors (Lipinski definition) is 1. The zero-order valence-corrected chi connectivity index (χ0v) is 9.54. The Balaban J connectivity index is 3.11. The van der Waals surface area contributed by atoms with E-state index in [0.717, 1.165) is 30.8 Å². The van der Waals surface area contributed by atoms with Crippen molar-refractivity contribution in [3.05, 3.63) is 11.4 Å². The van der Waals surface area contributed by atoms with Gasteiger partial charge in [0.05, 0.1) is 5.69 Å². The molecule has 0 aliphatic carbocycles. The second-order valence-electron chi connectivity index (χ2n) is 3.90. The number of aryl methyl sites for hydroxylation is 1. The molecule has 0 amide bonds. The summed E-state index contributed by atoms with van der Waals surface area (Å²) in [7, 11) is 0. The summed E-state index contributed by atoms with van der Waals surface area (Å²) in [4.78, 5) is 0. The van der Waals surface area contributed by atoms with E-state index in [1.165, 1.54) is 0 Å². The van der Waals surface area contributed by atoms with Gasteiger partial charge in [-0.15, -0.1) is 0 Å². The van der Waals surface area contributed by atoms with Crippen molar-refractivity contribution in [2.75, 3.05) is 0 Å². The lowest BCUT2D eigenvalue weighted by atomic mass is 10.1. The van der Waals surface area contributed by atoms with Crippen molar-refractivity contribution in [2.45, 2.75) is 53.0 Å². The van der Waals surface area contributed by atoms with Crippen molar-refractivity contribution >= 4 is 0 Å². The summed E-state index contributed by atoms with van der Waals surface area (Å²) in [6, 6.07) is 0. The van der Waals surface area contributed by atoms with E-state index in [-0.39, 0.29) is 0 Å². The van der Waals surface area contributed by atoms with Crippen LogP contribution in [0.1, 0.15) is 51.4 Å². The zero-order valence-electron chi connectivity index (χ0n) is 9.54. The third-order valence-electron chi connectivity index (χ3n) is 2.39. The molecule has 0 spiro atoms. The first-order valence-electron chi connectivity index (χ1n) is 5.40. The molecule has 1 aromatic heterocycles. The SMILES string of the molecule is CCCc1c(O)c(C(C)C)nn1CC. The fourth-order valence-corrected chi connectivity index (χ4v) is 1.64. The standard InChI is InChI=1S/C11H20N2O/c1-5-7-9-11(14)10(8(3)4)12-13(9)6-2/h8,14H,5-7H2,1-4H3. The Labute approximate surface area is 85.8 Å². The molecule has 0 atom stereocenters. The number of aromatic nitrogens is 2. The molecule has 0 aliphatic heterocycles. The predicted molar refractivity (Wildman–Crippen MR) is 57.6 cm³/mol. The Morgan fingerprint density at radius 1 is 1.36 bits per heavy atom. The first-order valence-corrected chi connectivity index (χ1v) is 5.40. The normalized spacial score (nSPS) is 11.2. The second-order valence-corrected chi connectivity index (χ2v) is 3.90. The van der Waals surface area contributed by atoms with Gasteiger partial charge in [-0.1, -0.05) is 27.2 Å². The van der Waals surface area contributed by atoms with Gasteiger partial charge in [-0.2, -0.15) is 5.10 Å². The number of aromatic hydroxyl groups is 1. The van der Waals surface area contributed by atoms with Crippen molar-refractivity contribution < 1.29 is 5.11 Å². The first-order chi connectivity index (χ1) is 6.61. The molecular weight excluding hydrogens is 176 g/mol. The van der Waals surface area contributed by atoms with Crippen LogP contribution in [0, 0.1) is 0 Å². The Bertz CT molecular complexity index is 302. The van der Waals surface area contributed by atoms with Crippen molar-refractivity contribution in [3.63, 3.8) is 0 Å². The highest BCUT2D eigenvalue weighted by Crippen LogP contribution is 2.29. The van der Waals surface area contributed by atoms with Gasteiger partial charge in [-0.25, -0.2) is 0 Å². The summed E-state index contributed by atoms with van der Waals surface area (Å²) in [5.74, 6) is 0.696. The predicted octanol–water partition coefficient (Wildman–Crippen LogP) is 2.68. The Hall–Kier alpha value is -0.990. The van der Waals surface area contributed by atoms with Crippen molar-refractivity contribution in [3.8, 4) is 5.75 Å². The van der Waals surface area contributed by atoms with Crippen LogP contribution in [0.5, 0.6) is 5.75 Å². The van der Waals surface area contributed by atoms with Crippen molar-refractivity contribution in [1.29, 1.82) is 0 Å². The fourth-order valence-electron chi connectivity index (χ4n) is 1.64. The molecule has 1 N–H and O–H groups in total. The van der Waals surface area contributed by atoms with Crippen LogP contribution in [0.2, 0.25) is 0 Å². The molecule has 0 saturated heterocycles. The van der Waals surface area contributed by atoms with Crippen LogP contribution in [-0.2, 0) is 13.0 Å². The van der Waals surface area contributed by atoms with E-state index in [2.05, 4.69) is 32.8 Å². The largest absolute Gasteiger partial charge is 0.504 e. The highest BCUT2D eigenvalue weighted by Gasteiger charge is 2.17. The van der Waals surface area contributed by atoms with E-state index in [1.54, 1.807) is 0 Å². The molecule has 0 radical (unpaired) electrons. The maximum atomic E-state index is 9.96. The van der Waals surface area contributed by atoms with Gasteiger partial charge in [0.25, 0.3) is 0 Å². The van der Waals surface area contributed by atoms with Crippen LogP contribution >= 0.6 is 0 Å². The van der Waals surface area contributed by atoms with Gasteiger partial charge < -0.3 is 5.11 Å². The molecule has 3 heteroatoms. The molecule has 0 saturated carbocycles. The topological polar surface area (TPSA) is 38.1 Å². The summed E-state index contributed by atoms with van der Waals surface area (Å²) in [5.41, 5.74) is 1.81. The minimum absolute atomic E-state index is 0.290. The average Bonchev–Trinajstić information content (AvgIpc) is 2.45. The number of hydrogen-bond acceptors (Lipinski definition) is 2. The quantitative estimate of drug-likeness (QED) is 0.804. The third-order valence-corrected chi connectivity index (χ3v) is 2.39. The molecule has 1 rings (SSSR count). The lowest BCUT2D eigenvalue weighted by Gasteiger charge is -2.02. The molecule has 14 heavy (non-hydrogen) atoms. The highest BCUT2D eigenvalue weighted by molar-refractivity contribution is 5.34. The molecule has 0 fully saturated rings. The maximum absolute atomic E-state index is 9.96. The van der Waals surface area contributed by atoms with Gasteiger partial charge in [0.2, 0.25) is 0 Å². The van der Waals surface area contributed by atoms with Crippen molar-refractivity contribution in [2.24, 2.45) is 0 Å². The van der Waals surface area contributed by atoms with E-state index < -0.39 is 0 Å². The third kappa shape index (κ3) is 1.91. The molecule has 1 aromatic rings. The van der Waals surface area contributed by atoms with E-state index in [9.17, 15) is 5.11 Å². The summed E-state index contributed by atoms with van der Waals surface area (Å²) in [5, 5.41) is 14.4. The summed E-state index contributed by atoms with van der Waals surface area (Å²) < 4.78 is 1.91. The van der Waals surface area contributed by atoms with Crippen LogP contribution in [0.25, 0.3) is 0 Å². The van der Waals surface area contributed by atoms with Gasteiger partial charge in [0.15, 0.2) is 5.75 Å². The molecular formula is C11H20N2O. The summed E-state index contributed by atoms with van der Waals surface area (Å²) in [6.07, 6.45) is 1.94. The van der Waals surface area contributed by atoms with E-state index in [1.807, 2.05) is 4.68 Å². The lowest BCUT2D eigenvalue weighted by molar-refractivity contribution is 0.455. The van der Waals surface area contributed by atoms with Gasteiger partial charge in [-0.05, 0) is 13.3 Å².